The molecule has 1 aromatic heterocycles. The molecule has 5 heteroatoms. The quantitative estimate of drug-likeness (QED) is 0.664. The van der Waals surface area contributed by atoms with Crippen molar-refractivity contribution in [2.45, 2.75) is 6.61 Å². The highest BCUT2D eigenvalue weighted by molar-refractivity contribution is 9.10. The van der Waals surface area contributed by atoms with Crippen molar-refractivity contribution >= 4 is 15.9 Å². The summed E-state index contributed by atoms with van der Waals surface area (Å²) in [7, 11) is 3.61. The molecule has 0 unspecified atom stereocenters. The van der Waals surface area contributed by atoms with Gasteiger partial charge < -0.3 is 14.0 Å². The van der Waals surface area contributed by atoms with E-state index in [1.54, 1.807) is 13.3 Å². The molecular formula is C18H17BrN2O2. The third kappa shape index (κ3) is 3.56. The Morgan fingerprint density at radius 1 is 1.09 bits per heavy atom. The predicted octanol–water partition coefficient (Wildman–Crippen LogP) is 4.44. The molecule has 0 fully saturated rings. The van der Waals surface area contributed by atoms with E-state index in [1.807, 2.05) is 60.3 Å². The molecule has 0 radical (unpaired) electrons. The summed E-state index contributed by atoms with van der Waals surface area (Å²) in [5.41, 5.74) is 2.09. The second kappa shape index (κ2) is 6.87. The maximum absolute atomic E-state index is 5.89. The molecule has 1 heterocycles. The van der Waals surface area contributed by atoms with E-state index in [0.717, 1.165) is 21.4 Å². The van der Waals surface area contributed by atoms with Crippen LogP contribution >= 0.6 is 15.9 Å². The molecule has 0 aliphatic heterocycles. The second-order valence-electron chi connectivity index (χ2n) is 5.14. The standard InChI is InChI=1S/C18H17BrN2O2/c1-21-10-9-20-18(21)14-5-8-16(17(11-14)22-2)23-12-13-3-6-15(19)7-4-13/h3-11H,12H2,1-2H3. The summed E-state index contributed by atoms with van der Waals surface area (Å²) in [6, 6.07) is 13.9. The number of hydrogen-bond acceptors (Lipinski definition) is 3. The number of hydrogen-bond donors (Lipinski definition) is 0. The number of ether oxygens (including phenoxy) is 2. The molecule has 0 amide bonds. The number of aromatic nitrogens is 2. The molecule has 0 aliphatic rings. The van der Waals surface area contributed by atoms with Gasteiger partial charge in [0.25, 0.3) is 0 Å². The highest BCUT2D eigenvalue weighted by atomic mass is 79.9. The Hall–Kier alpha value is -2.27. The van der Waals surface area contributed by atoms with Gasteiger partial charge in [0.2, 0.25) is 0 Å². The van der Waals surface area contributed by atoms with Crippen LogP contribution in [0.5, 0.6) is 11.5 Å². The molecule has 0 bridgehead atoms. The normalized spacial score (nSPS) is 10.6. The van der Waals surface area contributed by atoms with Gasteiger partial charge in [0.05, 0.1) is 7.11 Å². The SMILES string of the molecule is COc1cc(-c2nccn2C)ccc1OCc1ccc(Br)cc1. The van der Waals surface area contributed by atoms with E-state index in [0.29, 0.717) is 18.1 Å². The maximum Gasteiger partial charge on any atom is 0.161 e. The number of halogens is 1. The molecule has 3 rings (SSSR count). The lowest BCUT2D eigenvalue weighted by atomic mass is 10.2. The molecule has 23 heavy (non-hydrogen) atoms. The van der Waals surface area contributed by atoms with Crippen LogP contribution in [0.1, 0.15) is 5.56 Å². The fraction of sp³-hybridized carbons (Fsp3) is 0.167. The average Bonchev–Trinajstić information content (AvgIpc) is 3.00. The van der Waals surface area contributed by atoms with E-state index < -0.39 is 0 Å². The second-order valence-corrected chi connectivity index (χ2v) is 6.06. The number of aryl methyl sites for hydroxylation is 1. The molecule has 0 saturated heterocycles. The number of methoxy groups -OCH3 is 1. The molecule has 0 saturated carbocycles. The molecule has 0 atom stereocenters. The van der Waals surface area contributed by atoms with Crippen molar-refractivity contribution in [3.63, 3.8) is 0 Å². The van der Waals surface area contributed by atoms with E-state index in [1.165, 1.54) is 0 Å². The van der Waals surface area contributed by atoms with Gasteiger partial charge in [0, 0.05) is 29.5 Å². The van der Waals surface area contributed by atoms with Crippen molar-refractivity contribution in [2.24, 2.45) is 7.05 Å². The maximum atomic E-state index is 5.89. The third-order valence-electron chi connectivity index (χ3n) is 3.55. The van der Waals surface area contributed by atoms with Crippen molar-refractivity contribution in [3.05, 3.63) is 64.9 Å². The first-order valence-electron chi connectivity index (χ1n) is 7.20. The smallest absolute Gasteiger partial charge is 0.161 e. The van der Waals surface area contributed by atoms with Crippen molar-refractivity contribution < 1.29 is 9.47 Å². The summed E-state index contributed by atoms with van der Waals surface area (Å²) in [4.78, 5) is 4.36. The zero-order chi connectivity index (χ0) is 16.2. The summed E-state index contributed by atoms with van der Waals surface area (Å²) in [5.74, 6) is 2.30. The highest BCUT2D eigenvalue weighted by Crippen LogP contribution is 2.32. The predicted molar refractivity (Wildman–Crippen MR) is 93.7 cm³/mol. The van der Waals surface area contributed by atoms with Crippen LogP contribution in [0.3, 0.4) is 0 Å². The van der Waals surface area contributed by atoms with Crippen LogP contribution in [0.25, 0.3) is 11.4 Å². The number of benzene rings is 2. The lowest BCUT2D eigenvalue weighted by molar-refractivity contribution is 0.284. The van der Waals surface area contributed by atoms with Crippen LogP contribution in [0.15, 0.2) is 59.3 Å². The fourth-order valence-electron chi connectivity index (χ4n) is 2.31. The van der Waals surface area contributed by atoms with Gasteiger partial charge in [-0.05, 0) is 35.9 Å². The Balaban J connectivity index is 1.80. The number of rotatable bonds is 5. The first-order valence-corrected chi connectivity index (χ1v) is 7.99. The van der Waals surface area contributed by atoms with Crippen molar-refractivity contribution in [3.8, 4) is 22.9 Å². The van der Waals surface area contributed by atoms with E-state index in [9.17, 15) is 0 Å². The number of nitrogens with zero attached hydrogens (tertiary/aromatic N) is 2. The van der Waals surface area contributed by atoms with Crippen molar-refractivity contribution in [1.82, 2.24) is 9.55 Å². The summed E-state index contributed by atoms with van der Waals surface area (Å²) in [6.45, 7) is 0.491. The van der Waals surface area contributed by atoms with Crippen LogP contribution in [0.2, 0.25) is 0 Å². The van der Waals surface area contributed by atoms with Gasteiger partial charge in [-0.1, -0.05) is 28.1 Å². The molecule has 3 aromatic rings. The average molecular weight is 373 g/mol. The Morgan fingerprint density at radius 2 is 1.87 bits per heavy atom. The Kier molecular flexibility index (Phi) is 4.67. The minimum absolute atomic E-state index is 0.491. The van der Waals surface area contributed by atoms with Gasteiger partial charge in [-0.25, -0.2) is 4.98 Å². The highest BCUT2D eigenvalue weighted by Gasteiger charge is 2.10. The summed E-state index contributed by atoms with van der Waals surface area (Å²) in [5, 5.41) is 0. The topological polar surface area (TPSA) is 36.3 Å². The minimum Gasteiger partial charge on any atom is -0.493 e. The van der Waals surface area contributed by atoms with Gasteiger partial charge in [0.1, 0.15) is 12.4 Å². The molecular weight excluding hydrogens is 356 g/mol. The Labute approximate surface area is 143 Å². The first-order chi connectivity index (χ1) is 11.2. The van der Waals surface area contributed by atoms with Gasteiger partial charge >= 0.3 is 0 Å². The molecule has 2 aromatic carbocycles. The van der Waals surface area contributed by atoms with Crippen LogP contribution in [-0.4, -0.2) is 16.7 Å². The van der Waals surface area contributed by atoms with E-state index in [-0.39, 0.29) is 0 Å². The zero-order valence-electron chi connectivity index (χ0n) is 13.0. The minimum atomic E-state index is 0.491. The van der Waals surface area contributed by atoms with Crippen LogP contribution < -0.4 is 9.47 Å². The monoisotopic (exact) mass is 372 g/mol. The van der Waals surface area contributed by atoms with Gasteiger partial charge in [-0.2, -0.15) is 0 Å². The number of imidazole rings is 1. The Morgan fingerprint density at radius 3 is 2.52 bits per heavy atom. The lowest BCUT2D eigenvalue weighted by Crippen LogP contribution is -1.98. The fourth-order valence-corrected chi connectivity index (χ4v) is 2.58. The van der Waals surface area contributed by atoms with Gasteiger partial charge in [-0.3, -0.25) is 0 Å². The molecule has 118 valence electrons. The Bertz CT molecular complexity index is 797. The summed E-state index contributed by atoms with van der Waals surface area (Å²) >= 11 is 3.43. The van der Waals surface area contributed by atoms with Crippen molar-refractivity contribution in [1.29, 1.82) is 0 Å². The van der Waals surface area contributed by atoms with Crippen LogP contribution in [0.4, 0.5) is 0 Å². The first kappa shape index (κ1) is 15.6. The third-order valence-corrected chi connectivity index (χ3v) is 4.08. The van der Waals surface area contributed by atoms with Crippen LogP contribution in [-0.2, 0) is 13.7 Å². The summed E-state index contributed by atoms with van der Waals surface area (Å²) < 4.78 is 14.4. The molecule has 0 spiro atoms. The molecule has 4 nitrogen and oxygen atoms in total. The van der Waals surface area contributed by atoms with Gasteiger partial charge in [-0.15, -0.1) is 0 Å². The van der Waals surface area contributed by atoms with E-state index >= 15 is 0 Å². The molecule has 0 N–H and O–H groups in total. The van der Waals surface area contributed by atoms with Crippen molar-refractivity contribution in [2.75, 3.05) is 7.11 Å². The summed E-state index contributed by atoms with van der Waals surface area (Å²) in [6.07, 6.45) is 3.69. The van der Waals surface area contributed by atoms with E-state index in [2.05, 4.69) is 20.9 Å². The van der Waals surface area contributed by atoms with Gasteiger partial charge in [0.15, 0.2) is 11.5 Å². The van der Waals surface area contributed by atoms with E-state index in [4.69, 9.17) is 9.47 Å². The van der Waals surface area contributed by atoms with Crippen LogP contribution in [0, 0.1) is 0 Å². The largest absolute Gasteiger partial charge is 0.493 e. The molecule has 0 aliphatic carbocycles. The zero-order valence-corrected chi connectivity index (χ0v) is 14.6. The lowest BCUT2D eigenvalue weighted by Gasteiger charge is -2.12.